The maximum Gasteiger partial charge on any atom is 0.417 e. The molecule has 3 nitrogen and oxygen atoms in total. The summed E-state index contributed by atoms with van der Waals surface area (Å²) in [5.41, 5.74) is 1.01. The summed E-state index contributed by atoms with van der Waals surface area (Å²) < 4.78 is 45.3. The van der Waals surface area contributed by atoms with Crippen LogP contribution in [0.4, 0.5) is 13.2 Å². The Morgan fingerprint density at radius 1 is 1.19 bits per heavy atom. The van der Waals surface area contributed by atoms with Gasteiger partial charge in [-0.2, -0.15) is 13.2 Å². The van der Waals surface area contributed by atoms with Crippen LogP contribution >= 0.6 is 0 Å². The lowest BCUT2D eigenvalue weighted by molar-refractivity contribution is -0.137. The molecule has 0 atom stereocenters. The van der Waals surface area contributed by atoms with Crippen LogP contribution < -0.4 is 4.74 Å². The molecule has 3 heterocycles. The minimum Gasteiger partial charge on any atom is -0.496 e. The van der Waals surface area contributed by atoms with Gasteiger partial charge in [-0.05, 0) is 24.3 Å². The van der Waals surface area contributed by atoms with Crippen molar-refractivity contribution in [2.45, 2.75) is 6.18 Å². The van der Waals surface area contributed by atoms with E-state index in [4.69, 9.17) is 4.74 Å². The minimum atomic E-state index is -4.37. The average Bonchev–Trinajstić information content (AvgIpc) is 2.91. The number of hydrogen-bond donors (Lipinski definition) is 0. The molecule has 0 saturated heterocycles. The van der Waals surface area contributed by atoms with E-state index in [1.165, 1.54) is 11.5 Å². The van der Waals surface area contributed by atoms with Gasteiger partial charge in [-0.25, -0.2) is 0 Å². The molecule has 0 saturated carbocycles. The molecule has 108 valence electrons. The van der Waals surface area contributed by atoms with Crippen molar-refractivity contribution in [3.8, 4) is 17.0 Å². The number of alkyl halides is 3. The van der Waals surface area contributed by atoms with Crippen LogP contribution in [-0.4, -0.2) is 16.5 Å². The molecule has 0 aliphatic rings. The van der Waals surface area contributed by atoms with E-state index in [9.17, 15) is 13.2 Å². The largest absolute Gasteiger partial charge is 0.496 e. The Morgan fingerprint density at radius 2 is 2.00 bits per heavy atom. The molecule has 0 aliphatic carbocycles. The first-order valence-corrected chi connectivity index (χ1v) is 6.17. The molecule has 0 fully saturated rings. The molecule has 3 rings (SSSR count). The summed E-state index contributed by atoms with van der Waals surface area (Å²) in [5, 5.41) is 0. The fourth-order valence-corrected chi connectivity index (χ4v) is 2.26. The molecule has 0 spiro atoms. The van der Waals surface area contributed by atoms with E-state index in [0.29, 0.717) is 22.5 Å². The van der Waals surface area contributed by atoms with Crippen LogP contribution in [0.5, 0.6) is 5.75 Å². The van der Waals surface area contributed by atoms with Gasteiger partial charge >= 0.3 is 6.18 Å². The van der Waals surface area contributed by atoms with Gasteiger partial charge in [-0.3, -0.25) is 4.98 Å². The number of hydrogen-bond acceptors (Lipinski definition) is 2. The summed E-state index contributed by atoms with van der Waals surface area (Å²) in [6, 6.07) is 7.85. The zero-order valence-corrected chi connectivity index (χ0v) is 11.1. The molecule has 0 aromatic carbocycles. The number of aromatic nitrogens is 2. The first-order valence-electron chi connectivity index (χ1n) is 6.17. The second kappa shape index (κ2) is 4.80. The predicted molar refractivity (Wildman–Crippen MR) is 72.2 cm³/mol. The summed E-state index contributed by atoms with van der Waals surface area (Å²) in [7, 11) is 1.51. The van der Waals surface area contributed by atoms with Crippen molar-refractivity contribution in [3.63, 3.8) is 0 Å². The Kier molecular flexibility index (Phi) is 3.08. The number of methoxy groups -OCH3 is 1. The quantitative estimate of drug-likeness (QED) is 0.713. The van der Waals surface area contributed by atoms with E-state index in [2.05, 4.69) is 4.98 Å². The van der Waals surface area contributed by atoms with E-state index in [1.807, 2.05) is 0 Å². The first kappa shape index (κ1) is 13.5. The average molecular weight is 292 g/mol. The lowest BCUT2D eigenvalue weighted by atomic mass is 10.1. The number of nitrogens with zero attached hydrogens (tertiary/aromatic N) is 2. The van der Waals surface area contributed by atoms with Gasteiger partial charge in [0, 0.05) is 24.1 Å². The van der Waals surface area contributed by atoms with Crippen molar-refractivity contribution in [1.82, 2.24) is 9.38 Å². The summed E-state index contributed by atoms with van der Waals surface area (Å²) in [4.78, 5) is 4.02. The number of pyridine rings is 2. The third kappa shape index (κ3) is 2.33. The highest BCUT2D eigenvalue weighted by atomic mass is 19.4. The Morgan fingerprint density at radius 3 is 2.71 bits per heavy atom. The molecule has 3 aromatic rings. The zero-order valence-electron chi connectivity index (χ0n) is 11.1. The van der Waals surface area contributed by atoms with Gasteiger partial charge in [0.1, 0.15) is 5.75 Å². The Labute approximate surface area is 118 Å². The third-order valence-electron chi connectivity index (χ3n) is 3.23. The Balaban J connectivity index is 2.26. The molecule has 0 N–H and O–H groups in total. The van der Waals surface area contributed by atoms with Crippen molar-refractivity contribution in [2.24, 2.45) is 0 Å². The van der Waals surface area contributed by atoms with Gasteiger partial charge in [0.05, 0.1) is 23.9 Å². The van der Waals surface area contributed by atoms with Crippen LogP contribution in [0.1, 0.15) is 5.56 Å². The maximum atomic E-state index is 12.9. The van der Waals surface area contributed by atoms with Crippen LogP contribution in [0.15, 0.2) is 48.9 Å². The van der Waals surface area contributed by atoms with Crippen molar-refractivity contribution in [1.29, 1.82) is 0 Å². The summed E-state index contributed by atoms with van der Waals surface area (Å²) in [6.45, 7) is 0. The summed E-state index contributed by atoms with van der Waals surface area (Å²) in [6.07, 6.45) is -0.153. The van der Waals surface area contributed by atoms with Crippen LogP contribution in [0.25, 0.3) is 16.8 Å². The summed E-state index contributed by atoms with van der Waals surface area (Å²) >= 11 is 0. The Hall–Kier alpha value is -2.50. The fourth-order valence-electron chi connectivity index (χ4n) is 2.26. The molecule has 0 bridgehead atoms. The number of rotatable bonds is 2. The van der Waals surface area contributed by atoms with Gasteiger partial charge in [-0.15, -0.1) is 0 Å². The lowest BCUT2D eigenvalue weighted by Crippen LogP contribution is -2.02. The van der Waals surface area contributed by atoms with E-state index in [1.54, 1.807) is 36.7 Å². The van der Waals surface area contributed by atoms with Crippen LogP contribution in [0.2, 0.25) is 0 Å². The standard InChI is InChI=1S/C15H11F3N2O/c1-21-14-5-6-19-8-12(14)13-4-2-3-11-7-10(9-20(11)13)15(16,17)18/h2-9H,1H3. The summed E-state index contributed by atoms with van der Waals surface area (Å²) in [5.74, 6) is 0.555. The Bertz CT molecular complexity index is 793. The topological polar surface area (TPSA) is 26.5 Å². The minimum absolute atomic E-state index is 0.464. The highest BCUT2D eigenvalue weighted by Gasteiger charge is 2.32. The highest BCUT2D eigenvalue weighted by Crippen LogP contribution is 2.34. The van der Waals surface area contributed by atoms with E-state index in [0.717, 1.165) is 12.3 Å². The fraction of sp³-hybridized carbons (Fsp3) is 0.133. The van der Waals surface area contributed by atoms with Crippen molar-refractivity contribution in [2.75, 3.05) is 7.11 Å². The monoisotopic (exact) mass is 292 g/mol. The van der Waals surface area contributed by atoms with E-state index in [-0.39, 0.29) is 0 Å². The van der Waals surface area contributed by atoms with E-state index >= 15 is 0 Å². The van der Waals surface area contributed by atoms with Crippen LogP contribution in [-0.2, 0) is 6.18 Å². The lowest BCUT2D eigenvalue weighted by Gasteiger charge is -2.10. The molecule has 0 amide bonds. The molecular formula is C15H11F3N2O. The highest BCUT2D eigenvalue weighted by molar-refractivity contribution is 5.70. The maximum absolute atomic E-state index is 12.9. The second-order valence-electron chi connectivity index (χ2n) is 4.51. The molecular weight excluding hydrogens is 281 g/mol. The van der Waals surface area contributed by atoms with Crippen molar-refractivity contribution in [3.05, 3.63) is 54.5 Å². The molecule has 6 heteroatoms. The molecule has 0 aliphatic heterocycles. The second-order valence-corrected chi connectivity index (χ2v) is 4.51. The van der Waals surface area contributed by atoms with Gasteiger partial charge in [-0.1, -0.05) is 6.07 Å². The third-order valence-corrected chi connectivity index (χ3v) is 3.23. The normalized spacial score (nSPS) is 11.8. The van der Waals surface area contributed by atoms with Crippen molar-refractivity contribution < 1.29 is 17.9 Å². The molecule has 0 radical (unpaired) electrons. The van der Waals surface area contributed by atoms with E-state index < -0.39 is 11.7 Å². The van der Waals surface area contributed by atoms with Gasteiger partial charge in [0.2, 0.25) is 0 Å². The van der Waals surface area contributed by atoms with Gasteiger partial charge in [0.25, 0.3) is 0 Å². The molecule has 21 heavy (non-hydrogen) atoms. The number of halogens is 3. The predicted octanol–water partition coefficient (Wildman–Crippen LogP) is 4.03. The molecule has 0 unspecified atom stereocenters. The smallest absolute Gasteiger partial charge is 0.417 e. The number of fused-ring (bicyclic) bond motifs is 1. The molecule has 3 aromatic heterocycles. The van der Waals surface area contributed by atoms with Gasteiger partial charge in [0.15, 0.2) is 0 Å². The number of ether oxygens (including phenoxy) is 1. The zero-order chi connectivity index (χ0) is 15.0. The first-order chi connectivity index (χ1) is 10.0. The van der Waals surface area contributed by atoms with Crippen LogP contribution in [0.3, 0.4) is 0 Å². The van der Waals surface area contributed by atoms with Crippen molar-refractivity contribution >= 4 is 5.52 Å². The van der Waals surface area contributed by atoms with Crippen LogP contribution in [0, 0.1) is 0 Å². The van der Waals surface area contributed by atoms with Gasteiger partial charge < -0.3 is 9.14 Å². The SMILES string of the molecule is COc1ccncc1-c1cccc2cc(C(F)(F)F)cn12.